The molecule has 3 N–H and O–H groups in total. The standard InChI is InChI=1S/C16H32O3.H3N/c1-3-4-5-6-7-8-9-10-11-12-13-14-15-19-16(17)18-2;/h3-15H2,1-2H3;1H3. The maximum atomic E-state index is 10.7. The van der Waals surface area contributed by atoms with Crippen molar-refractivity contribution in [2.75, 3.05) is 13.7 Å². The fraction of sp³-hybridized carbons (Fsp3) is 0.938. The highest BCUT2D eigenvalue weighted by atomic mass is 16.7. The lowest BCUT2D eigenvalue weighted by Gasteiger charge is -2.03. The van der Waals surface area contributed by atoms with E-state index in [0.29, 0.717) is 6.61 Å². The first-order chi connectivity index (χ1) is 9.31. The lowest BCUT2D eigenvalue weighted by Crippen LogP contribution is -2.05. The molecule has 122 valence electrons. The highest BCUT2D eigenvalue weighted by molar-refractivity contribution is 5.59. The zero-order valence-corrected chi connectivity index (χ0v) is 13.6. The predicted octanol–water partition coefficient (Wildman–Crippen LogP) is 5.63. The van der Waals surface area contributed by atoms with Crippen molar-refractivity contribution >= 4 is 6.16 Å². The first kappa shape index (κ1) is 21.5. The first-order valence-electron chi connectivity index (χ1n) is 8.02. The van der Waals surface area contributed by atoms with Crippen molar-refractivity contribution in [1.29, 1.82) is 0 Å². The second kappa shape index (κ2) is 18.2. The van der Waals surface area contributed by atoms with Crippen molar-refractivity contribution in [2.45, 2.75) is 84.0 Å². The summed E-state index contributed by atoms with van der Waals surface area (Å²) in [5, 5.41) is 0. The van der Waals surface area contributed by atoms with E-state index in [9.17, 15) is 4.79 Å². The average Bonchev–Trinajstić information content (AvgIpc) is 2.43. The molecule has 0 unspecified atom stereocenters. The van der Waals surface area contributed by atoms with E-state index < -0.39 is 6.16 Å². The van der Waals surface area contributed by atoms with Crippen LogP contribution in [-0.2, 0) is 9.47 Å². The quantitative estimate of drug-likeness (QED) is 0.352. The molecule has 0 aromatic carbocycles. The molecule has 20 heavy (non-hydrogen) atoms. The summed E-state index contributed by atoms with van der Waals surface area (Å²) in [6.45, 7) is 2.75. The normalized spacial score (nSPS) is 9.90. The lowest BCUT2D eigenvalue weighted by atomic mass is 10.1. The number of ether oxygens (including phenoxy) is 2. The molecule has 0 saturated heterocycles. The summed E-state index contributed by atoms with van der Waals surface area (Å²) in [4.78, 5) is 10.7. The zero-order chi connectivity index (χ0) is 14.2. The lowest BCUT2D eigenvalue weighted by molar-refractivity contribution is 0.0713. The van der Waals surface area contributed by atoms with Crippen molar-refractivity contribution < 1.29 is 14.3 Å². The summed E-state index contributed by atoms with van der Waals surface area (Å²) < 4.78 is 9.22. The van der Waals surface area contributed by atoms with Gasteiger partial charge in [0.2, 0.25) is 0 Å². The van der Waals surface area contributed by atoms with Gasteiger partial charge in [0, 0.05) is 0 Å². The fourth-order valence-corrected chi connectivity index (χ4v) is 2.16. The van der Waals surface area contributed by atoms with Crippen LogP contribution in [0, 0.1) is 0 Å². The van der Waals surface area contributed by atoms with E-state index in [4.69, 9.17) is 4.74 Å². The number of unbranched alkanes of at least 4 members (excludes halogenated alkanes) is 11. The van der Waals surface area contributed by atoms with E-state index in [-0.39, 0.29) is 6.15 Å². The minimum absolute atomic E-state index is 0. The molecule has 0 aliphatic heterocycles. The van der Waals surface area contributed by atoms with Gasteiger partial charge in [-0.15, -0.1) is 0 Å². The fourth-order valence-electron chi connectivity index (χ4n) is 2.16. The molecule has 0 amide bonds. The van der Waals surface area contributed by atoms with E-state index in [1.165, 1.54) is 71.3 Å². The Morgan fingerprint density at radius 2 is 1.15 bits per heavy atom. The van der Waals surface area contributed by atoms with E-state index in [2.05, 4.69) is 11.7 Å². The van der Waals surface area contributed by atoms with Crippen LogP contribution in [0.1, 0.15) is 84.0 Å². The molecule has 0 radical (unpaired) electrons. The Bertz CT molecular complexity index is 198. The molecule has 4 heteroatoms. The molecule has 0 atom stereocenters. The summed E-state index contributed by atoms with van der Waals surface area (Å²) in [6, 6.07) is 0. The Hall–Kier alpha value is -0.770. The van der Waals surface area contributed by atoms with E-state index >= 15 is 0 Å². The van der Waals surface area contributed by atoms with E-state index in [1.807, 2.05) is 0 Å². The molecule has 0 rings (SSSR count). The molecule has 0 aromatic heterocycles. The van der Waals surface area contributed by atoms with Crippen molar-refractivity contribution in [3.63, 3.8) is 0 Å². The largest absolute Gasteiger partial charge is 0.507 e. The van der Waals surface area contributed by atoms with Crippen LogP contribution in [-0.4, -0.2) is 19.9 Å². The van der Waals surface area contributed by atoms with Crippen molar-refractivity contribution in [2.24, 2.45) is 0 Å². The van der Waals surface area contributed by atoms with Crippen LogP contribution in [0.5, 0.6) is 0 Å². The Morgan fingerprint density at radius 3 is 1.55 bits per heavy atom. The summed E-state index contributed by atoms with van der Waals surface area (Å²) >= 11 is 0. The Kier molecular flexibility index (Phi) is 19.6. The Labute approximate surface area is 125 Å². The van der Waals surface area contributed by atoms with Gasteiger partial charge in [0.25, 0.3) is 0 Å². The van der Waals surface area contributed by atoms with Crippen LogP contribution in [0.2, 0.25) is 0 Å². The molecule has 4 nitrogen and oxygen atoms in total. The van der Waals surface area contributed by atoms with Crippen LogP contribution >= 0.6 is 0 Å². The number of carbonyl (C=O) groups is 1. The number of hydrogen-bond donors (Lipinski definition) is 1. The van der Waals surface area contributed by atoms with Gasteiger partial charge in [0.15, 0.2) is 0 Å². The van der Waals surface area contributed by atoms with Crippen LogP contribution in [0.3, 0.4) is 0 Å². The van der Waals surface area contributed by atoms with Gasteiger partial charge in [0.1, 0.15) is 0 Å². The van der Waals surface area contributed by atoms with Gasteiger partial charge < -0.3 is 15.6 Å². The third kappa shape index (κ3) is 17.2. The van der Waals surface area contributed by atoms with Crippen LogP contribution in [0.15, 0.2) is 0 Å². The summed E-state index contributed by atoms with van der Waals surface area (Å²) in [7, 11) is 1.34. The van der Waals surface area contributed by atoms with Crippen molar-refractivity contribution in [1.82, 2.24) is 6.15 Å². The second-order valence-corrected chi connectivity index (χ2v) is 5.19. The summed E-state index contributed by atoms with van der Waals surface area (Å²) in [5.74, 6) is 0. The van der Waals surface area contributed by atoms with Crippen molar-refractivity contribution in [3.8, 4) is 0 Å². The number of rotatable bonds is 13. The van der Waals surface area contributed by atoms with Crippen molar-refractivity contribution in [3.05, 3.63) is 0 Å². The SMILES string of the molecule is CCCCCCCCCCCCCCOC(=O)OC.N. The van der Waals surface area contributed by atoms with Gasteiger partial charge in [-0.05, 0) is 6.42 Å². The maximum Gasteiger partial charge on any atom is 0.507 e. The Morgan fingerprint density at radius 1 is 0.750 bits per heavy atom. The molecular formula is C16H35NO3. The highest BCUT2D eigenvalue weighted by Gasteiger charge is 1.98. The molecule has 0 spiro atoms. The monoisotopic (exact) mass is 289 g/mol. The minimum atomic E-state index is -0.567. The van der Waals surface area contributed by atoms with E-state index in [0.717, 1.165) is 12.8 Å². The zero-order valence-electron chi connectivity index (χ0n) is 13.6. The van der Waals surface area contributed by atoms with Gasteiger partial charge >= 0.3 is 6.16 Å². The van der Waals surface area contributed by atoms with Gasteiger partial charge in [-0.2, -0.15) is 0 Å². The summed E-state index contributed by atoms with van der Waals surface area (Å²) in [5.41, 5.74) is 0. The number of hydrogen-bond acceptors (Lipinski definition) is 4. The van der Waals surface area contributed by atoms with E-state index in [1.54, 1.807) is 0 Å². The highest BCUT2D eigenvalue weighted by Crippen LogP contribution is 2.11. The first-order valence-corrected chi connectivity index (χ1v) is 8.02. The molecule has 0 bridgehead atoms. The molecule has 0 saturated carbocycles. The van der Waals surface area contributed by atoms with Gasteiger partial charge in [-0.1, -0.05) is 77.6 Å². The van der Waals surface area contributed by atoms with Gasteiger partial charge in [-0.3, -0.25) is 0 Å². The Balaban J connectivity index is 0. The molecule has 0 aliphatic carbocycles. The predicted molar refractivity (Wildman–Crippen MR) is 84.5 cm³/mol. The van der Waals surface area contributed by atoms with Crippen LogP contribution < -0.4 is 6.15 Å². The number of methoxy groups -OCH3 is 1. The van der Waals surface area contributed by atoms with Crippen LogP contribution in [0.25, 0.3) is 0 Å². The topological polar surface area (TPSA) is 70.5 Å². The van der Waals surface area contributed by atoms with Gasteiger partial charge in [0.05, 0.1) is 13.7 Å². The third-order valence-electron chi connectivity index (χ3n) is 3.38. The molecular weight excluding hydrogens is 254 g/mol. The minimum Gasteiger partial charge on any atom is -0.438 e. The molecule has 0 aliphatic rings. The van der Waals surface area contributed by atoms with Gasteiger partial charge in [-0.25, -0.2) is 4.79 Å². The van der Waals surface area contributed by atoms with Crippen LogP contribution in [0.4, 0.5) is 4.79 Å². The molecule has 0 fully saturated rings. The maximum absolute atomic E-state index is 10.7. The third-order valence-corrected chi connectivity index (χ3v) is 3.38. The molecule has 0 aromatic rings. The number of carbonyl (C=O) groups excluding carboxylic acids is 1. The summed E-state index contributed by atoms with van der Waals surface area (Å²) in [6.07, 6.45) is 15.2. The molecule has 0 heterocycles. The second-order valence-electron chi connectivity index (χ2n) is 5.19. The average molecular weight is 289 g/mol. The smallest absolute Gasteiger partial charge is 0.438 e.